The molecule has 2 aliphatic rings. The molecule has 7 unspecified atom stereocenters. The molecule has 19 heteroatoms. The number of aliphatic hydroxyl groups excluding tert-OH is 4. The van der Waals surface area contributed by atoms with E-state index in [0.29, 0.717) is 19.3 Å². The van der Waals surface area contributed by atoms with Crippen LogP contribution in [-0.4, -0.2) is 115 Å². The molecule has 68 heavy (non-hydrogen) atoms. The Morgan fingerprint density at radius 3 is 1.62 bits per heavy atom. The first kappa shape index (κ1) is 61.3. The van der Waals surface area contributed by atoms with Gasteiger partial charge in [-0.3, -0.25) is 23.2 Å². The van der Waals surface area contributed by atoms with Crippen molar-refractivity contribution >= 4 is 27.6 Å². The topological polar surface area (TPSA) is 269 Å². The summed E-state index contributed by atoms with van der Waals surface area (Å²) in [4.78, 5) is 54.4. The fraction of sp³-hybridized carbons (Fsp3) is 0.673. The summed E-state index contributed by atoms with van der Waals surface area (Å²) < 4.78 is 55.1. The van der Waals surface area contributed by atoms with Gasteiger partial charge in [-0.1, -0.05) is 125 Å². The SMILES string of the molecule is CC/C=C\C/C=C\C/C=C\C/C=C\CCCCCCC(=O)O[C@H](COC(=O)CCC/C=C\CC1OC1C/C=C\C/C=C\CCCCC)COP(=O)(O)O[C@H]1C(O)C(O)C(O)[C@@H](OP(=O)(O)O)C1O. The average molecular weight is 1000 g/mol. The summed E-state index contributed by atoms with van der Waals surface area (Å²) in [6, 6.07) is 0. The van der Waals surface area contributed by atoms with Crippen LogP contribution >= 0.6 is 15.6 Å². The molecule has 0 aromatic rings. The van der Waals surface area contributed by atoms with Crippen LogP contribution in [0.4, 0.5) is 0 Å². The van der Waals surface area contributed by atoms with E-state index in [1.807, 2.05) is 12.2 Å². The van der Waals surface area contributed by atoms with Crippen molar-refractivity contribution in [1.29, 1.82) is 0 Å². The van der Waals surface area contributed by atoms with E-state index in [1.165, 1.54) is 19.3 Å². The van der Waals surface area contributed by atoms with Gasteiger partial charge in [0.2, 0.25) is 0 Å². The molecule has 2 fully saturated rings. The minimum absolute atomic E-state index is 0.00410. The number of aliphatic hydroxyl groups is 4. The lowest BCUT2D eigenvalue weighted by atomic mass is 9.85. The Labute approximate surface area is 403 Å². The fourth-order valence-corrected chi connectivity index (χ4v) is 8.53. The summed E-state index contributed by atoms with van der Waals surface area (Å²) in [5, 5.41) is 41.3. The van der Waals surface area contributed by atoms with Crippen molar-refractivity contribution < 1.29 is 81.6 Å². The molecule has 10 atom stereocenters. The Kier molecular flexibility index (Phi) is 32.5. The Balaban J connectivity index is 1.83. The van der Waals surface area contributed by atoms with E-state index in [0.717, 1.165) is 77.0 Å². The zero-order chi connectivity index (χ0) is 50.0. The maximum Gasteiger partial charge on any atom is 0.472 e. The molecule has 0 radical (unpaired) electrons. The van der Waals surface area contributed by atoms with E-state index in [2.05, 4.69) is 91.3 Å². The highest BCUT2D eigenvalue weighted by atomic mass is 31.2. The number of rotatable bonds is 38. The van der Waals surface area contributed by atoms with Crippen LogP contribution in [0, 0.1) is 0 Å². The molecule has 1 aliphatic carbocycles. The number of phosphoric acid groups is 2. The second-order valence-electron chi connectivity index (χ2n) is 16.8. The number of allylic oxidation sites excluding steroid dienone is 12. The van der Waals surface area contributed by atoms with Crippen molar-refractivity contribution in [2.45, 2.75) is 197 Å². The number of carbonyl (C=O) groups excluding carboxylic acids is 2. The smallest absolute Gasteiger partial charge is 0.462 e. The molecular weight excluding hydrogens is 922 g/mol. The van der Waals surface area contributed by atoms with Crippen LogP contribution < -0.4 is 0 Å². The highest BCUT2D eigenvalue weighted by molar-refractivity contribution is 7.47. The van der Waals surface area contributed by atoms with Crippen LogP contribution in [0.1, 0.15) is 142 Å². The summed E-state index contributed by atoms with van der Waals surface area (Å²) in [5.41, 5.74) is 0. The Morgan fingerprint density at radius 1 is 0.544 bits per heavy atom. The third-order valence-corrected chi connectivity index (χ3v) is 12.4. The number of hydrogen-bond acceptors (Lipinski definition) is 14. The zero-order valence-electron chi connectivity index (χ0n) is 39.9. The fourth-order valence-electron chi connectivity index (χ4n) is 6.99. The zero-order valence-corrected chi connectivity index (χ0v) is 41.7. The molecule has 0 amide bonds. The molecule has 7 N–H and O–H groups in total. The Hall–Kier alpha value is -2.86. The molecule has 17 nitrogen and oxygen atoms in total. The standard InChI is InChI=1S/C49H80O17P2/c1-3-5-7-9-11-13-14-15-16-17-18-19-20-22-24-26-32-36-43(51)63-39(38-62-68(59,60)66-49-46(54)44(52)45(53)48(47(49)55)65-67(56,57)58)37-61-42(50)35-31-28-27-30-34-41-40(64-41)33-29-25-23-21-12-10-8-6-4-2/h5,7,11-13,15-16,18-19,21,25,27,29-30,39-41,44-49,52-55H,3-4,6,8-10,14,17,20,22-24,26,28,31-38H2,1-2H3,(H,59,60)(H2,56,57,58)/b7-5-,13-11-,16-15-,19-18-,21-12-,29-25-,30-27-/t39-,40?,41?,44?,45?,46?,47?,48-,49+/m1/s1. The lowest BCUT2D eigenvalue weighted by Crippen LogP contribution is -2.64. The van der Waals surface area contributed by atoms with Gasteiger partial charge < -0.3 is 49.3 Å². The minimum atomic E-state index is -5.38. The molecule has 2 rings (SSSR count). The molecule has 1 saturated carbocycles. The molecular formula is C49H80O17P2. The largest absolute Gasteiger partial charge is 0.472 e. The van der Waals surface area contributed by atoms with Crippen molar-refractivity contribution in [2.75, 3.05) is 13.2 Å². The number of hydrogen-bond donors (Lipinski definition) is 7. The number of ether oxygens (including phenoxy) is 3. The van der Waals surface area contributed by atoms with Gasteiger partial charge in [0.1, 0.15) is 43.2 Å². The number of unbranched alkanes of at least 4 members (excludes halogenated alkanes) is 8. The van der Waals surface area contributed by atoms with Crippen LogP contribution in [0.25, 0.3) is 0 Å². The summed E-state index contributed by atoms with van der Waals surface area (Å²) in [5.74, 6) is -1.32. The van der Waals surface area contributed by atoms with Gasteiger partial charge in [0.05, 0.1) is 18.8 Å². The highest BCUT2D eigenvalue weighted by Gasteiger charge is 2.54. The van der Waals surface area contributed by atoms with E-state index >= 15 is 0 Å². The van der Waals surface area contributed by atoms with Crippen molar-refractivity contribution in [2.24, 2.45) is 0 Å². The van der Waals surface area contributed by atoms with Crippen molar-refractivity contribution in [3.05, 3.63) is 85.1 Å². The second-order valence-corrected chi connectivity index (χ2v) is 19.4. The number of esters is 2. The average Bonchev–Trinajstić information content (AvgIpc) is 4.05. The van der Waals surface area contributed by atoms with E-state index in [4.69, 9.17) is 23.3 Å². The molecule has 0 bridgehead atoms. The van der Waals surface area contributed by atoms with Gasteiger partial charge in [-0.25, -0.2) is 9.13 Å². The van der Waals surface area contributed by atoms with Crippen molar-refractivity contribution in [3.63, 3.8) is 0 Å². The van der Waals surface area contributed by atoms with Gasteiger partial charge >= 0.3 is 27.6 Å². The summed E-state index contributed by atoms with van der Waals surface area (Å²) in [7, 11) is -10.7. The van der Waals surface area contributed by atoms with Gasteiger partial charge in [0, 0.05) is 12.8 Å². The van der Waals surface area contributed by atoms with Crippen LogP contribution in [0.3, 0.4) is 0 Å². The quantitative estimate of drug-likeness (QED) is 0.0101. The molecule has 0 spiro atoms. The van der Waals surface area contributed by atoms with E-state index < -0.39 is 83.5 Å². The van der Waals surface area contributed by atoms with Crippen LogP contribution in [0.15, 0.2) is 85.1 Å². The van der Waals surface area contributed by atoms with Gasteiger partial charge in [-0.2, -0.15) is 0 Å². The lowest BCUT2D eigenvalue weighted by Gasteiger charge is -2.43. The predicted octanol–water partition coefficient (Wildman–Crippen LogP) is 8.38. The minimum Gasteiger partial charge on any atom is -0.462 e. The monoisotopic (exact) mass is 1000 g/mol. The molecule has 388 valence electrons. The lowest BCUT2D eigenvalue weighted by molar-refractivity contribution is -0.216. The van der Waals surface area contributed by atoms with Gasteiger partial charge in [-0.15, -0.1) is 0 Å². The maximum atomic E-state index is 13.0. The molecule has 0 aromatic carbocycles. The van der Waals surface area contributed by atoms with Crippen LogP contribution in [0.5, 0.6) is 0 Å². The van der Waals surface area contributed by atoms with Gasteiger partial charge in [0.15, 0.2) is 6.10 Å². The van der Waals surface area contributed by atoms with Crippen molar-refractivity contribution in [3.8, 4) is 0 Å². The Morgan fingerprint density at radius 2 is 1.03 bits per heavy atom. The summed E-state index contributed by atoms with van der Waals surface area (Å²) in [6.45, 7) is 2.88. The normalized spacial score (nSPS) is 25.0. The van der Waals surface area contributed by atoms with Crippen LogP contribution in [0.2, 0.25) is 0 Å². The third-order valence-electron chi connectivity index (χ3n) is 10.9. The second kappa shape index (κ2) is 36.1. The van der Waals surface area contributed by atoms with Crippen molar-refractivity contribution in [1.82, 2.24) is 0 Å². The molecule has 1 saturated heterocycles. The molecule has 1 heterocycles. The van der Waals surface area contributed by atoms with Gasteiger partial charge in [0.25, 0.3) is 0 Å². The van der Waals surface area contributed by atoms with Crippen LogP contribution in [-0.2, 0) is 46.5 Å². The first-order valence-corrected chi connectivity index (χ1v) is 27.3. The number of epoxide rings is 1. The highest BCUT2D eigenvalue weighted by Crippen LogP contribution is 2.49. The van der Waals surface area contributed by atoms with Gasteiger partial charge in [-0.05, 0) is 89.9 Å². The summed E-state index contributed by atoms with van der Waals surface area (Å²) in [6.07, 6.45) is 31.3. The van der Waals surface area contributed by atoms with E-state index in [-0.39, 0.29) is 25.0 Å². The maximum absolute atomic E-state index is 13.0. The van der Waals surface area contributed by atoms with E-state index in [9.17, 15) is 53.8 Å². The predicted molar refractivity (Wildman–Crippen MR) is 259 cm³/mol. The number of carbonyl (C=O) groups is 2. The molecule has 1 aliphatic heterocycles. The Bertz CT molecular complexity index is 1700. The van der Waals surface area contributed by atoms with E-state index in [1.54, 1.807) is 0 Å². The summed E-state index contributed by atoms with van der Waals surface area (Å²) >= 11 is 0. The third kappa shape index (κ3) is 29.4. The first-order valence-electron chi connectivity index (χ1n) is 24.3. The molecule has 0 aromatic heterocycles. The number of phosphoric ester groups is 2. The first-order chi connectivity index (χ1) is 32.6.